The molecule has 11 aromatic rings. The summed E-state index contributed by atoms with van der Waals surface area (Å²) in [5.41, 5.74) is 6.53. The van der Waals surface area contributed by atoms with E-state index in [0.29, 0.717) is 17.5 Å². The molecule has 0 unspecified atom stereocenters. The van der Waals surface area contributed by atoms with E-state index in [1.54, 1.807) is 0 Å². The highest BCUT2D eigenvalue weighted by Crippen LogP contribution is 2.45. The van der Waals surface area contributed by atoms with Crippen molar-refractivity contribution in [3.8, 4) is 45.3 Å². The van der Waals surface area contributed by atoms with Gasteiger partial charge < -0.3 is 4.42 Å². The SMILES string of the molecule is c1ccc(-c2nc(-c3ccc4ccccc4c3)nc(-c3ccc(-c4cc5ccc6ccccc6c5c5ccccc45)c4oc5ccccc5c34)n2)cc1. The first kappa shape index (κ1) is 29.5. The van der Waals surface area contributed by atoms with Crippen LogP contribution in [0.15, 0.2) is 180 Å². The maximum Gasteiger partial charge on any atom is 0.164 e. The van der Waals surface area contributed by atoms with E-state index in [1.165, 1.54) is 37.7 Å². The molecule has 9 aromatic carbocycles. The molecular formula is C49H29N3O. The van der Waals surface area contributed by atoms with Crippen molar-refractivity contribution in [2.45, 2.75) is 0 Å². The number of nitrogens with zero attached hydrogens (tertiary/aromatic N) is 3. The second-order valence-electron chi connectivity index (χ2n) is 13.6. The lowest BCUT2D eigenvalue weighted by molar-refractivity contribution is 0.670. The van der Waals surface area contributed by atoms with Crippen LogP contribution in [0, 0.1) is 0 Å². The largest absolute Gasteiger partial charge is 0.455 e. The molecule has 246 valence electrons. The summed E-state index contributed by atoms with van der Waals surface area (Å²) in [5, 5.41) is 11.6. The molecule has 0 radical (unpaired) electrons. The summed E-state index contributed by atoms with van der Waals surface area (Å²) >= 11 is 0. The summed E-state index contributed by atoms with van der Waals surface area (Å²) in [6.45, 7) is 0. The fraction of sp³-hybridized carbons (Fsp3) is 0. The van der Waals surface area contributed by atoms with E-state index < -0.39 is 0 Å². The van der Waals surface area contributed by atoms with Gasteiger partial charge in [0.25, 0.3) is 0 Å². The zero-order chi connectivity index (χ0) is 34.9. The van der Waals surface area contributed by atoms with E-state index in [9.17, 15) is 0 Å². The highest BCUT2D eigenvalue weighted by atomic mass is 16.3. The van der Waals surface area contributed by atoms with E-state index in [4.69, 9.17) is 19.4 Å². The van der Waals surface area contributed by atoms with Crippen LogP contribution in [0.2, 0.25) is 0 Å². The molecule has 0 saturated heterocycles. The lowest BCUT2D eigenvalue weighted by atomic mass is 9.89. The number of benzene rings is 9. The lowest BCUT2D eigenvalue weighted by Gasteiger charge is -2.14. The second kappa shape index (κ2) is 11.7. The van der Waals surface area contributed by atoms with Crippen molar-refractivity contribution in [3.63, 3.8) is 0 Å². The van der Waals surface area contributed by atoms with Gasteiger partial charge in [0.15, 0.2) is 17.5 Å². The number of aromatic nitrogens is 3. The maximum absolute atomic E-state index is 6.84. The van der Waals surface area contributed by atoms with Gasteiger partial charge in [-0.05, 0) is 79.0 Å². The first-order chi connectivity index (χ1) is 26.3. The Morgan fingerprint density at radius 1 is 0.321 bits per heavy atom. The summed E-state index contributed by atoms with van der Waals surface area (Å²) in [6, 6.07) is 61.6. The first-order valence-corrected chi connectivity index (χ1v) is 17.9. The molecule has 0 amide bonds. The second-order valence-corrected chi connectivity index (χ2v) is 13.6. The minimum atomic E-state index is 0.597. The highest BCUT2D eigenvalue weighted by Gasteiger charge is 2.22. The number of para-hydroxylation sites is 1. The molecule has 0 aliphatic rings. The molecule has 0 aliphatic heterocycles. The molecule has 0 spiro atoms. The van der Waals surface area contributed by atoms with Gasteiger partial charge in [0, 0.05) is 33.0 Å². The van der Waals surface area contributed by atoms with Crippen LogP contribution in [0.5, 0.6) is 0 Å². The van der Waals surface area contributed by atoms with Crippen LogP contribution in [0.25, 0.3) is 110 Å². The molecule has 0 atom stereocenters. The Bertz CT molecular complexity index is 3240. The zero-order valence-electron chi connectivity index (χ0n) is 28.5. The molecule has 0 saturated carbocycles. The number of hydrogen-bond donors (Lipinski definition) is 0. The molecule has 4 nitrogen and oxygen atoms in total. The van der Waals surface area contributed by atoms with Crippen LogP contribution >= 0.6 is 0 Å². The fourth-order valence-electron chi connectivity index (χ4n) is 8.00. The normalized spacial score (nSPS) is 11.8. The van der Waals surface area contributed by atoms with Gasteiger partial charge in [-0.3, -0.25) is 0 Å². The number of furan rings is 1. The molecule has 0 aliphatic carbocycles. The molecule has 0 bridgehead atoms. The summed E-state index contributed by atoms with van der Waals surface area (Å²) in [4.78, 5) is 15.4. The molecule has 53 heavy (non-hydrogen) atoms. The maximum atomic E-state index is 6.84. The van der Waals surface area contributed by atoms with Crippen LogP contribution < -0.4 is 0 Å². The van der Waals surface area contributed by atoms with Crippen LogP contribution in [-0.4, -0.2) is 15.0 Å². The van der Waals surface area contributed by atoms with Gasteiger partial charge in [0.05, 0.1) is 0 Å². The predicted octanol–water partition coefficient (Wildman–Crippen LogP) is 13.1. The van der Waals surface area contributed by atoms with E-state index in [0.717, 1.165) is 55.1 Å². The Morgan fingerprint density at radius 2 is 0.925 bits per heavy atom. The minimum absolute atomic E-state index is 0.597. The Hall–Kier alpha value is -7.17. The molecular weight excluding hydrogens is 647 g/mol. The van der Waals surface area contributed by atoms with Crippen molar-refractivity contribution < 1.29 is 4.42 Å². The smallest absolute Gasteiger partial charge is 0.164 e. The fourth-order valence-corrected chi connectivity index (χ4v) is 8.00. The van der Waals surface area contributed by atoms with Gasteiger partial charge in [0.1, 0.15) is 11.2 Å². The topological polar surface area (TPSA) is 51.8 Å². The lowest BCUT2D eigenvalue weighted by Crippen LogP contribution is -2.00. The Morgan fingerprint density at radius 3 is 1.77 bits per heavy atom. The van der Waals surface area contributed by atoms with Crippen molar-refractivity contribution in [1.29, 1.82) is 0 Å². The molecule has 0 N–H and O–H groups in total. The summed E-state index contributed by atoms with van der Waals surface area (Å²) < 4.78 is 6.84. The standard InChI is InChI=1S/C49H29N3O/c1-2-14-32(15-3-1)47-50-48(35-25-22-30-12-4-5-16-33(30)28-35)52-49(51-47)41-27-26-39(46-45(41)40-20-10-11-21-43(40)53-46)42-29-34-24-23-31-13-6-7-17-36(31)44(34)38-19-9-8-18-37(38)42/h1-29H. The molecule has 0 fully saturated rings. The average Bonchev–Trinajstić information content (AvgIpc) is 3.63. The third-order valence-electron chi connectivity index (χ3n) is 10.5. The van der Waals surface area contributed by atoms with Crippen LogP contribution in [0.1, 0.15) is 0 Å². The Balaban J connectivity index is 1.19. The summed E-state index contributed by atoms with van der Waals surface area (Å²) in [7, 11) is 0. The van der Waals surface area contributed by atoms with Crippen molar-refractivity contribution in [1.82, 2.24) is 15.0 Å². The first-order valence-electron chi connectivity index (χ1n) is 17.9. The van der Waals surface area contributed by atoms with E-state index in [1.807, 2.05) is 42.5 Å². The van der Waals surface area contributed by atoms with Gasteiger partial charge in [0.2, 0.25) is 0 Å². The molecule has 2 heterocycles. The monoisotopic (exact) mass is 675 g/mol. The average molecular weight is 676 g/mol. The van der Waals surface area contributed by atoms with Crippen molar-refractivity contribution in [2.75, 3.05) is 0 Å². The quantitative estimate of drug-likeness (QED) is 0.174. The van der Waals surface area contributed by atoms with E-state index in [-0.39, 0.29) is 0 Å². The van der Waals surface area contributed by atoms with Crippen molar-refractivity contribution in [3.05, 3.63) is 176 Å². The van der Waals surface area contributed by atoms with E-state index >= 15 is 0 Å². The van der Waals surface area contributed by atoms with E-state index in [2.05, 4.69) is 133 Å². The highest BCUT2D eigenvalue weighted by molar-refractivity contribution is 6.25. The zero-order valence-corrected chi connectivity index (χ0v) is 28.5. The van der Waals surface area contributed by atoms with Gasteiger partial charge in [-0.1, -0.05) is 146 Å². The third-order valence-corrected chi connectivity index (χ3v) is 10.5. The molecule has 11 rings (SSSR count). The van der Waals surface area contributed by atoms with Gasteiger partial charge in [-0.25, -0.2) is 15.0 Å². The van der Waals surface area contributed by atoms with Gasteiger partial charge >= 0.3 is 0 Å². The molecule has 4 heteroatoms. The minimum Gasteiger partial charge on any atom is -0.455 e. The Kier molecular flexibility index (Phi) is 6.52. The van der Waals surface area contributed by atoms with Crippen molar-refractivity contribution >= 4 is 65.0 Å². The molecule has 2 aromatic heterocycles. The van der Waals surface area contributed by atoms with Crippen molar-refractivity contribution in [2.24, 2.45) is 0 Å². The third kappa shape index (κ3) is 4.73. The van der Waals surface area contributed by atoms with Gasteiger partial charge in [-0.2, -0.15) is 0 Å². The Labute approximate surface area is 304 Å². The summed E-state index contributed by atoms with van der Waals surface area (Å²) in [5.74, 6) is 1.84. The number of fused-ring (bicyclic) bond motifs is 9. The van der Waals surface area contributed by atoms with Crippen LogP contribution in [-0.2, 0) is 0 Å². The predicted molar refractivity (Wildman–Crippen MR) is 219 cm³/mol. The summed E-state index contributed by atoms with van der Waals surface area (Å²) in [6.07, 6.45) is 0. The van der Waals surface area contributed by atoms with Crippen LogP contribution in [0.3, 0.4) is 0 Å². The number of rotatable bonds is 4. The number of hydrogen-bond acceptors (Lipinski definition) is 4. The van der Waals surface area contributed by atoms with Crippen LogP contribution in [0.4, 0.5) is 0 Å². The van der Waals surface area contributed by atoms with Gasteiger partial charge in [-0.15, -0.1) is 0 Å².